The monoisotopic (exact) mass is 308 g/mol. The molecule has 1 aromatic carbocycles. The van der Waals surface area contributed by atoms with Crippen molar-refractivity contribution in [2.45, 2.75) is 20.4 Å². The minimum absolute atomic E-state index is 0.300. The summed E-state index contributed by atoms with van der Waals surface area (Å²) in [4.78, 5) is 13.2. The smallest absolute Gasteiger partial charge is 0.336 e. The molecule has 0 atom stereocenters. The second kappa shape index (κ2) is 5.79. The first-order valence-electron chi connectivity index (χ1n) is 7.20. The Bertz CT molecular complexity index is 732. The third-order valence-electron chi connectivity index (χ3n) is 4.11. The highest BCUT2D eigenvalue weighted by Crippen LogP contribution is 2.30. The molecule has 1 fully saturated rings. The molecule has 0 unspecified atom stereocenters. The highest BCUT2D eigenvalue weighted by molar-refractivity contribution is 6.33. The van der Waals surface area contributed by atoms with Gasteiger partial charge in [0.05, 0.1) is 13.2 Å². The molecule has 21 heavy (non-hydrogen) atoms. The summed E-state index contributed by atoms with van der Waals surface area (Å²) >= 11 is 6.36. The Labute approximate surface area is 128 Å². The van der Waals surface area contributed by atoms with Crippen molar-refractivity contribution in [2.75, 3.05) is 26.3 Å². The highest BCUT2D eigenvalue weighted by atomic mass is 35.5. The van der Waals surface area contributed by atoms with E-state index in [2.05, 4.69) is 0 Å². The van der Waals surface area contributed by atoms with Crippen LogP contribution in [0.5, 0.6) is 0 Å². The van der Waals surface area contributed by atoms with E-state index in [-0.39, 0.29) is 5.63 Å². The predicted molar refractivity (Wildman–Crippen MR) is 82.2 cm³/mol. The lowest BCUT2D eigenvalue weighted by atomic mass is 10.0. The topological polar surface area (TPSA) is 43.9 Å². The van der Waals surface area contributed by atoms with Crippen LogP contribution in [0.2, 0.25) is 5.02 Å². The summed E-state index contributed by atoms with van der Waals surface area (Å²) in [6.45, 7) is 8.16. The minimum atomic E-state index is -0.300. The maximum absolute atomic E-state index is 11.8. The van der Waals surface area contributed by atoms with Crippen molar-refractivity contribution in [3.63, 3.8) is 0 Å². The van der Waals surface area contributed by atoms with Crippen molar-refractivity contribution in [3.8, 4) is 0 Å². The van der Waals surface area contributed by atoms with Crippen LogP contribution < -0.4 is 10.5 Å². The molecule has 112 valence electrons. The molecule has 1 N–H and O–H groups in total. The number of hydrogen-bond donors (Lipinski definition) is 1. The summed E-state index contributed by atoms with van der Waals surface area (Å²) in [5, 5.41) is 1.72. The first-order chi connectivity index (χ1) is 10.1. The van der Waals surface area contributed by atoms with Crippen LogP contribution in [-0.4, -0.2) is 26.3 Å². The fourth-order valence-corrected chi connectivity index (χ4v) is 3.15. The van der Waals surface area contributed by atoms with E-state index >= 15 is 0 Å². The lowest BCUT2D eigenvalue weighted by molar-refractivity contribution is -0.921. The van der Waals surface area contributed by atoms with Gasteiger partial charge in [0.15, 0.2) is 0 Å². The van der Waals surface area contributed by atoms with E-state index in [1.165, 1.54) is 4.90 Å². The summed E-state index contributed by atoms with van der Waals surface area (Å²) in [5.74, 6) is 0. The van der Waals surface area contributed by atoms with Crippen molar-refractivity contribution in [2.24, 2.45) is 0 Å². The third kappa shape index (κ3) is 2.84. The van der Waals surface area contributed by atoms with Gasteiger partial charge < -0.3 is 14.1 Å². The van der Waals surface area contributed by atoms with Crippen LogP contribution in [0.3, 0.4) is 0 Å². The van der Waals surface area contributed by atoms with Crippen molar-refractivity contribution < 1.29 is 14.1 Å². The SMILES string of the molecule is Cc1cc2oc(=O)cc(C[NH+]3CCOCC3)c2c(C)c1Cl. The van der Waals surface area contributed by atoms with Gasteiger partial charge in [-0.15, -0.1) is 0 Å². The van der Waals surface area contributed by atoms with Crippen LogP contribution in [0.15, 0.2) is 21.3 Å². The maximum atomic E-state index is 11.8. The number of ether oxygens (including phenoxy) is 1. The van der Waals surface area contributed by atoms with Crippen molar-refractivity contribution in [1.82, 2.24) is 0 Å². The zero-order chi connectivity index (χ0) is 15.0. The molecule has 2 aromatic rings. The van der Waals surface area contributed by atoms with Gasteiger partial charge in [-0.25, -0.2) is 4.79 Å². The largest absolute Gasteiger partial charge is 0.423 e. The fourth-order valence-electron chi connectivity index (χ4n) is 3.00. The molecule has 1 aliphatic rings. The van der Waals surface area contributed by atoms with Gasteiger partial charge in [-0.3, -0.25) is 0 Å². The fraction of sp³-hybridized carbons (Fsp3) is 0.438. The van der Waals surface area contributed by atoms with E-state index in [1.807, 2.05) is 19.9 Å². The molecule has 1 saturated heterocycles. The predicted octanol–water partition coefficient (Wildman–Crippen LogP) is 1.48. The number of halogens is 1. The lowest BCUT2D eigenvalue weighted by Crippen LogP contribution is -3.12. The number of benzene rings is 1. The van der Waals surface area contributed by atoms with Crippen molar-refractivity contribution in [1.29, 1.82) is 0 Å². The molecule has 0 aliphatic carbocycles. The van der Waals surface area contributed by atoms with Crippen LogP contribution in [-0.2, 0) is 11.3 Å². The molecule has 4 nitrogen and oxygen atoms in total. The number of hydrogen-bond acceptors (Lipinski definition) is 3. The minimum Gasteiger partial charge on any atom is -0.423 e. The molecule has 1 aliphatic heterocycles. The average Bonchev–Trinajstić information content (AvgIpc) is 2.45. The quantitative estimate of drug-likeness (QED) is 0.855. The Hall–Kier alpha value is -1.36. The van der Waals surface area contributed by atoms with Crippen LogP contribution in [0.1, 0.15) is 16.7 Å². The van der Waals surface area contributed by atoms with Gasteiger partial charge in [0.25, 0.3) is 0 Å². The van der Waals surface area contributed by atoms with E-state index in [0.29, 0.717) is 5.58 Å². The molecule has 1 aromatic heterocycles. The highest BCUT2D eigenvalue weighted by Gasteiger charge is 2.19. The standard InChI is InChI=1S/C16H18ClNO3/c1-10-7-13-15(11(2)16(10)17)12(8-14(19)21-13)9-18-3-5-20-6-4-18/h7-8H,3-6,9H2,1-2H3/p+1. The van der Waals surface area contributed by atoms with Gasteiger partial charge >= 0.3 is 5.63 Å². The summed E-state index contributed by atoms with van der Waals surface area (Å²) in [6, 6.07) is 3.45. The molecule has 0 saturated carbocycles. The number of fused-ring (bicyclic) bond motifs is 1. The number of morpholine rings is 1. The Morgan fingerprint density at radius 2 is 1.95 bits per heavy atom. The van der Waals surface area contributed by atoms with Crippen LogP contribution in [0.25, 0.3) is 11.0 Å². The number of nitrogens with one attached hydrogen (secondary N) is 1. The van der Waals surface area contributed by atoms with E-state index in [9.17, 15) is 4.79 Å². The number of aryl methyl sites for hydroxylation is 2. The molecular formula is C16H19ClNO3+. The third-order valence-corrected chi connectivity index (χ3v) is 4.69. The summed E-state index contributed by atoms with van der Waals surface area (Å²) in [6.07, 6.45) is 0. The van der Waals surface area contributed by atoms with E-state index in [1.54, 1.807) is 6.07 Å². The van der Waals surface area contributed by atoms with Crippen molar-refractivity contribution >= 4 is 22.6 Å². The maximum Gasteiger partial charge on any atom is 0.336 e. The van der Waals surface area contributed by atoms with E-state index < -0.39 is 0 Å². The second-order valence-electron chi connectivity index (χ2n) is 5.64. The molecule has 2 heterocycles. The van der Waals surface area contributed by atoms with Crippen LogP contribution in [0.4, 0.5) is 0 Å². The van der Waals surface area contributed by atoms with Crippen LogP contribution in [0, 0.1) is 13.8 Å². The lowest BCUT2D eigenvalue weighted by Gasteiger charge is -2.24. The second-order valence-corrected chi connectivity index (χ2v) is 6.01. The zero-order valence-electron chi connectivity index (χ0n) is 12.3. The van der Waals surface area contributed by atoms with Gasteiger partial charge in [-0.1, -0.05) is 11.6 Å². The van der Waals surface area contributed by atoms with Crippen LogP contribution >= 0.6 is 11.6 Å². The average molecular weight is 309 g/mol. The normalized spacial score (nSPS) is 16.5. The molecular weight excluding hydrogens is 290 g/mol. The Kier molecular flexibility index (Phi) is 4.02. The van der Waals surface area contributed by atoms with Gasteiger partial charge in [0.1, 0.15) is 25.2 Å². The molecule has 0 radical (unpaired) electrons. The van der Waals surface area contributed by atoms with Gasteiger partial charge in [0.2, 0.25) is 0 Å². The Morgan fingerprint density at radius 3 is 2.67 bits per heavy atom. The molecule has 0 amide bonds. The molecule has 5 heteroatoms. The molecule has 3 rings (SSSR count). The molecule has 0 bridgehead atoms. The van der Waals surface area contributed by atoms with Gasteiger partial charge in [-0.05, 0) is 31.0 Å². The van der Waals surface area contributed by atoms with Gasteiger partial charge in [0, 0.05) is 22.0 Å². The Morgan fingerprint density at radius 1 is 1.24 bits per heavy atom. The first-order valence-corrected chi connectivity index (χ1v) is 7.58. The van der Waals surface area contributed by atoms with Gasteiger partial charge in [-0.2, -0.15) is 0 Å². The Balaban J connectivity index is 2.12. The van der Waals surface area contributed by atoms with E-state index in [0.717, 1.165) is 59.9 Å². The zero-order valence-corrected chi connectivity index (χ0v) is 13.0. The number of rotatable bonds is 2. The summed E-state index contributed by atoms with van der Waals surface area (Å²) < 4.78 is 10.7. The van der Waals surface area contributed by atoms with Crippen molar-refractivity contribution in [3.05, 3.63) is 44.3 Å². The summed E-state index contributed by atoms with van der Waals surface area (Å²) in [5.41, 5.74) is 3.26. The first kappa shape index (κ1) is 14.6. The number of quaternary nitrogens is 1. The van der Waals surface area contributed by atoms with E-state index in [4.69, 9.17) is 20.8 Å². The summed E-state index contributed by atoms with van der Waals surface area (Å²) in [7, 11) is 0. The molecule has 0 spiro atoms.